The molecule has 0 aromatic rings. The highest BCUT2D eigenvalue weighted by Crippen LogP contribution is 2.34. The van der Waals surface area contributed by atoms with Crippen LogP contribution in [0, 0.1) is 17.3 Å². The summed E-state index contributed by atoms with van der Waals surface area (Å²) in [6.07, 6.45) is 3.71. The van der Waals surface area contributed by atoms with Gasteiger partial charge in [0.05, 0.1) is 5.41 Å². The van der Waals surface area contributed by atoms with Crippen LogP contribution in [0.4, 0.5) is 0 Å². The van der Waals surface area contributed by atoms with Gasteiger partial charge in [0.15, 0.2) is 0 Å². The van der Waals surface area contributed by atoms with Gasteiger partial charge in [-0.3, -0.25) is 9.59 Å². The molecule has 1 rings (SSSR count). The number of carbonyl (C=O) groups is 2. The Balaban J connectivity index is 2.69. The second kappa shape index (κ2) is 6.40. The minimum Gasteiger partial charge on any atom is -0.481 e. The van der Waals surface area contributed by atoms with Gasteiger partial charge in [0, 0.05) is 19.0 Å². The Bertz CT molecular complexity index is 338. The van der Waals surface area contributed by atoms with Gasteiger partial charge in [-0.1, -0.05) is 20.3 Å². The predicted octanol–water partition coefficient (Wildman–Crippen LogP) is 2.77. The lowest BCUT2D eigenvalue weighted by Gasteiger charge is -2.40. The molecule has 0 aromatic carbocycles. The van der Waals surface area contributed by atoms with Crippen molar-refractivity contribution in [3.63, 3.8) is 0 Å². The van der Waals surface area contributed by atoms with Crippen LogP contribution in [0.2, 0.25) is 0 Å². The number of hydrogen-bond donors (Lipinski definition) is 1. The highest BCUT2D eigenvalue weighted by molar-refractivity contribution is 5.79. The number of carbonyl (C=O) groups excluding carboxylic acids is 1. The SMILES string of the molecule is CCCC(C)C(=O)N1CCCC(C(C)(C)C(=O)O)C1. The first kappa shape index (κ1) is 16.0. The van der Waals surface area contributed by atoms with Crippen molar-refractivity contribution in [1.82, 2.24) is 4.90 Å². The predicted molar refractivity (Wildman–Crippen MR) is 74.8 cm³/mol. The molecule has 4 heteroatoms. The zero-order valence-electron chi connectivity index (χ0n) is 12.6. The Morgan fingerprint density at radius 2 is 2.05 bits per heavy atom. The van der Waals surface area contributed by atoms with E-state index in [1.54, 1.807) is 13.8 Å². The molecular formula is C15H27NO3. The lowest BCUT2D eigenvalue weighted by Crippen LogP contribution is -2.48. The van der Waals surface area contributed by atoms with Crippen LogP contribution >= 0.6 is 0 Å². The van der Waals surface area contributed by atoms with E-state index < -0.39 is 11.4 Å². The summed E-state index contributed by atoms with van der Waals surface area (Å²) in [5, 5.41) is 9.31. The molecule has 1 heterocycles. The van der Waals surface area contributed by atoms with E-state index in [4.69, 9.17) is 0 Å². The molecule has 0 saturated carbocycles. The van der Waals surface area contributed by atoms with Crippen LogP contribution < -0.4 is 0 Å². The van der Waals surface area contributed by atoms with Crippen molar-refractivity contribution in [1.29, 1.82) is 0 Å². The fourth-order valence-electron chi connectivity index (χ4n) is 2.81. The molecule has 2 unspecified atom stereocenters. The second-order valence-electron chi connectivity index (χ2n) is 6.34. The zero-order chi connectivity index (χ0) is 14.6. The molecule has 0 bridgehead atoms. The Morgan fingerprint density at radius 3 is 2.58 bits per heavy atom. The van der Waals surface area contributed by atoms with Crippen LogP contribution in [0.1, 0.15) is 53.4 Å². The molecule has 1 fully saturated rings. The van der Waals surface area contributed by atoms with E-state index in [2.05, 4.69) is 6.92 Å². The summed E-state index contributed by atoms with van der Waals surface area (Å²) in [6, 6.07) is 0. The Hall–Kier alpha value is -1.06. The molecule has 1 N–H and O–H groups in total. The summed E-state index contributed by atoms with van der Waals surface area (Å²) in [5.74, 6) is -0.477. The highest BCUT2D eigenvalue weighted by Gasteiger charge is 2.40. The third-order valence-corrected chi connectivity index (χ3v) is 4.45. The summed E-state index contributed by atoms with van der Waals surface area (Å²) in [6.45, 7) is 8.95. The number of piperidine rings is 1. The van der Waals surface area contributed by atoms with Crippen molar-refractivity contribution in [3.8, 4) is 0 Å². The lowest BCUT2D eigenvalue weighted by atomic mass is 9.74. The number of aliphatic carboxylic acids is 1. The average molecular weight is 269 g/mol. The van der Waals surface area contributed by atoms with Gasteiger partial charge in [-0.25, -0.2) is 0 Å². The number of nitrogens with zero attached hydrogens (tertiary/aromatic N) is 1. The quantitative estimate of drug-likeness (QED) is 0.835. The first-order valence-corrected chi connectivity index (χ1v) is 7.32. The van der Waals surface area contributed by atoms with Crippen molar-refractivity contribution < 1.29 is 14.7 Å². The molecule has 1 saturated heterocycles. The number of rotatable bonds is 5. The van der Waals surface area contributed by atoms with Crippen LogP contribution in [0.15, 0.2) is 0 Å². The third-order valence-electron chi connectivity index (χ3n) is 4.45. The molecule has 0 aromatic heterocycles. The van der Waals surface area contributed by atoms with Crippen molar-refractivity contribution in [2.45, 2.75) is 53.4 Å². The van der Waals surface area contributed by atoms with Gasteiger partial charge in [0.25, 0.3) is 0 Å². The minimum absolute atomic E-state index is 0.0523. The Morgan fingerprint density at radius 1 is 1.42 bits per heavy atom. The number of hydrogen-bond acceptors (Lipinski definition) is 2. The molecule has 19 heavy (non-hydrogen) atoms. The maximum absolute atomic E-state index is 12.3. The van der Waals surface area contributed by atoms with Gasteiger partial charge < -0.3 is 10.0 Å². The van der Waals surface area contributed by atoms with E-state index in [1.165, 1.54) is 0 Å². The first-order valence-electron chi connectivity index (χ1n) is 7.32. The van der Waals surface area contributed by atoms with Crippen LogP contribution in [0.5, 0.6) is 0 Å². The maximum Gasteiger partial charge on any atom is 0.309 e. The van der Waals surface area contributed by atoms with Crippen LogP contribution in [0.25, 0.3) is 0 Å². The summed E-state index contributed by atoms with van der Waals surface area (Å²) >= 11 is 0. The largest absolute Gasteiger partial charge is 0.481 e. The molecule has 0 radical (unpaired) electrons. The topological polar surface area (TPSA) is 57.6 Å². The monoisotopic (exact) mass is 269 g/mol. The van der Waals surface area contributed by atoms with Crippen molar-refractivity contribution in [2.24, 2.45) is 17.3 Å². The Labute approximate surface area is 116 Å². The highest BCUT2D eigenvalue weighted by atomic mass is 16.4. The summed E-state index contributed by atoms with van der Waals surface area (Å²) in [5.41, 5.74) is -0.757. The molecular weight excluding hydrogens is 242 g/mol. The molecule has 0 aliphatic carbocycles. The number of likely N-dealkylation sites (tertiary alicyclic amines) is 1. The van der Waals surface area contributed by atoms with E-state index in [-0.39, 0.29) is 17.7 Å². The first-order chi connectivity index (χ1) is 8.80. The molecule has 1 amide bonds. The molecule has 1 aliphatic heterocycles. The summed E-state index contributed by atoms with van der Waals surface area (Å²) in [4.78, 5) is 25.5. The third kappa shape index (κ3) is 3.71. The van der Waals surface area contributed by atoms with E-state index in [0.717, 1.165) is 32.2 Å². The number of carboxylic acid groups (broad SMARTS) is 1. The maximum atomic E-state index is 12.3. The van der Waals surface area contributed by atoms with E-state index in [1.807, 2.05) is 11.8 Å². The van der Waals surface area contributed by atoms with Crippen LogP contribution in [-0.4, -0.2) is 35.0 Å². The normalized spacial score (nSPS) is 22.1. The van der Waals surface area contributed by atoms with Gasteiger partial charge in [0.1, 0.15) is 0 Å². The van der Waals surface area contributed by atoms with Gasteiger partial charge in [-0.15, -0.1) is 0 Å². The fraction of sp³-hybridized carbons (Fsp3) is 0.867. The molecule has 2 atom stereocenters. The zero-order valence-corrected chi connectivity index (χ0v) is 12.6. The minimum atomic E-state index is -0.770. The van der Waals surface area contributed by atoms with Gasteiger partial charge in [-0.2, -0.15) is 0 Å². The Kier molecular flexibility index (Phi) is 5.39. The van der Waals surface area contributed by atoms with Crippen LogP contribution in [0.3, 0.4) is 0 Å². The number of amides is 1. The fourth-order valence-corrected chi connectivity index (χ4v) is 2.81. The summed E-state index contributed by atoms with van der Waals surface area (Å²) in [7, 11) is 0. The lowest BCUT2D eigenvalue weighted by molar-refractivity contribution is -0.153. The van der Waals surface area contributed by atoms with Gasteiger partial charge in [-0.05, 0) is 39.0 Å². The van der Waals surface area contributed by atoms with Gasteiger partial charge in [0.2, 0.25) is 5.91 Å². The van der Waals surface area contributed by atoms with Gasteiger partial charge >= 0.3 is 5.97 Å². The summed E-state index contributed by atoms with van der Waals surface area (Å²) < 4.78 is 0. The standard InChI is InChI=1S/C15H27NO3/c1-5-7-11(2)13(17)16-9-6-8-12(10-16)15(3,4)14(18)19/h11-12H,5-10H2,1-4H3,(H,18,19). The molecule has 1 aliphatic rings. The second-order valence-corrected chi connectivity index (χ2v) is 6.34. The van der Waals surface area contributed by atoms with E-state index in [0.29, 0.717) is 6.54 Å². The molecule has 4 nitrogen and oxygen atoms in total. The van der Waals surface area contributed by atoms with Crippen molar-refractivity contribution in [2.75, 3.05) is 13.1 Å². The van der Waals surface area contributed by atoms with Crippen molar-refractivity contribution in [3.05, 3.63) is 0 Å². The number of carboxylic acids is 1. The smallest absolute Gasteiger partial charge is 0.309 e. The average Bonchev–Trinajstić information content (AvgIpc) is 2.38. The molecule has 0 spiro atoms. The van der Waals surface area contributed by atoms with Crippen LogP contribution in [-0.2, 0) is 9.59 Å². The molecule has 110 valence electrons. The van der Waals surface area contributed by atoms with E-state index in [9.17, 15) is 14.7 Å². The van der Waals surface area contributed by atoms with E-state index >= 15 is 0 Å². The van der Waals surface area contributed by atoms with Crippen molar-refractivity contribution >= 4 is 11.9 Å².